The molecule has 3 aromatic rings. The summed E-state index contributed by atoms with van der Waals surface area (Å²) >= 11 is 6.48. The highest BCUT2D eigenvalue weighted by Crippen LogP contribution is 2.33. The standard InChI is InChI=1S/C29H31ClN4O5S/c1-40(37,38)33-14-11-27-25(20-33)28(31-34(27)13-2-12-32-15-17-39-18-16-32)24-9-10-26(30)23(19-24)8-5-21-3-6-22(7-4-21)29(35)36/h3-4,6-7,9-10,19H,2,11-18,20H2,1H3,(H,35,36). The van der Waals surface area contributed by atoms with Gasteiger partial charge in [0.1, 0.15) is 0 Å². The SMILES string of the molecule is CS(=O)(=O)N1CCc2c(c(-c3ccc(Cl)c(C#Cc4ccc(C(=O)O)cc4)c3)nn2CCCN2CCOCC2)C1. The maximum Gasteiger partial charge on any atom is 0.335 e. The maximum absolute atomic E-state index is 12.4. The van der Waals surface area contributed by atoms with Crippen LogP contribution in [-0.2, 0) is 34.3 Å². The van der Waals surface area contributed by atoms with E-state index in [4.69, 9.17) is 26.5 Å². The Morgan fingerprint density at radius 1 is 1.07 bits per heavy atom. The Hall–Kier alpha value is -3.20. The lowest BCUT2D eigenvalue weighted by Crippen LogP contribution is -2.37. The van der Waals surface area contributed by atoms with Gasteiger partial charge in [-0.25, -0.2) is 13.2 Å². The summed E-state index contributed by atoms with van der Waals surface area (Å²) in [5, 5.41) is 14.6. The number of sulfonamides is 1. The Morgan fingerprint density at radius 2 is 1.82 bits per heavy atom. The molecule has 1 N–H and O–H groups in total. The first-order valence-electron chi connectivity index (χ1n) is 13.2. The Balaban J connectivity index is 1.44. The lowest BCUT2D eigenvalue weighted by atomic mass is 10.0. The van der Waals surface area contributed by atoms with Crippen molar-refractivity contribution in [3.63, 3.8) is 0 Å². The van der Waals surface area contributed by atoms with Gasteiger partial charge in [-0.2, -0.15) is 9.40 Å². The minimum atomic E-state index is -3.35. The van der Waals surface area contributed by atoms with E-state index >= 15 is 0 Å². The molecule has 3 heterocycles. The van der Waals surface area contributed by atoms with E-state index in [1.54, 1.807) is 18.2 Å². The van der Waals surface area contributed by atoms with Crippen molar-refractivity contribution in [3.8, 4) is 23.1 Å². The lowest BCUT2D eigenvalue weighted by Gasteiger charge is -2.27. The van der Waals surface area contributed by atoms with Gasteiger partial charge in [-0.3, -0.25) is 9.58 Å². The molecule has 11 heteroatoms. The lowest BCUT2D eigenvalue weighted by molar-refractivity contribution is 0.0368. The van der Waals surface area contributed by atoms with Gasteiger partial charge in [0.2, 0.25) is 10.0 Å². The van der Waals surface area contributed by atoms with E-state index in [1.165, 1.54) is 22.7 Å². The molecule has 0 saturated carbocycles. The zero-order valence-electron chi connectivity index (χ0n) is 22.3. The molecule has 1 aromatic heterocycles. The number of benzene rings is 2. The number of morpholine rings is 1. The van der Waals surface area contributed by atoms with Crippen LogP contribution in [0.2, 0.25) is 5.02 Å². The summed E-state index contributed by atoms with van der Waals surface area (Å²) in [6.45, 7) is 5.79. The summed E-state index contributed by atoms with van der Waals surface area (Å²) < 4.78 is 33.8. The summed E-state index contributed by atoms with van der Waals surface area (Å²) in [7, 11) is -3.35. The molecule has 2 aliphatic heterocycles. The van der Waals surface area contributed by atoms with Crippen molar-refractivity contribution in [2.24, 2.45) is 0 Å². The van der Waals surface area contributed by atoms with E-state index in [0.717, 1.165) is 68.3 Å². The van der Waals surface area contributed by atoms with Crippen LogP contribution in [0, 0.1) is 11.8 Å². The maximum atomic E-state index is 12.4. The number of ether oxygens (including phenoxy) is 1. The zero-order valence-corrected chi connectivity index (χ0v) is 23.8. The average molecular weight is 583 g/mol. The van der Waals surface area contributed by atoms with Crippen molar-refractivity contribution >= 4 is 27.6 Å². The molecular formula is C29H31ClN4O5S. The van der Waals surface area contributed by atoms with Crippen LogP contribution in [0.4, 0.5) is 0 Å². The van der Waals surface area contributed by atoms with E-state index in [1.807, 2.05) is 16.8 Å². The van der Waals surface area contributed by atoms with Crippen LogP contribution in [0.3, 0.4) is 0 Å². The molecule has 1 saturated heterocycles. The van der Waals surface area contributed by atoms with Crippen LogP contribution < -0.4 is 0 Å². The van der Waals surface area contributed by atoms with Crippen LogP contribution >= 0.6 is 11.6 Å². The summed E-state index contributed by atoms with van der Waals surface area (Å²) in [5.74, 6) is 5.15. The van der Waals surface area contributed by atoms with Crippen molar-refractivity contribution in [1.29, 1.82) is 0 Å². The summed E-state index contributed by atoms with van der Waals surface area (Å²) in [4.78, 5) is 13.5. The molecular weight excluding hydrogens is 552 g/mol. The fraction of sp³-hybridized carbons (Fsp3) is 0.379. The highest BCUT2D eigenvalue weighted by molar-refractivity contribution is 7.88. The van der Waals surface area contributed by atoms with Crippen molar-refractivity contribution in [2.45, 2.75) is 25.9 Å². The predicted octanol–water partition coefficient (Wildman–Crippen LogP) is 3.34. The minimum absolute atomic E-state index is 0.194. The third-order valence-corrected chi connectivity index (χ3v) is 8.81. The molecule has 0 bridgehead atoms. The van der Waals surface area contributed by atoms with Crippen LogP contribution in [0.5, 0.6) is 0 Å². The van der Waals surface area contributed by atoms with E-state index in [0.29, 0.717) is 29.1 Å². The largest absolute Gasteiger partial charge is 0.478 e. The number of aryl methyl sites for hydroxylation is 1. The molecule has 0 radical (unpaired) electrons. The third-order valence-electron chi connectivity index (χ3n) is 7.23. The van der Waals surface area contributed by atoms with Crippen LogP contribution in [-0.4, -0.2) is 84.1 Å². The smallest absolute Gasteiger partial charge is 0.335 e. The van der Waals surface area contributed by atoms with E-state index < -0.39 is 16.0 Å². The van der Waals surface area contributed by atoms with Crippen LogP contribution in [0.1, 0.15) is 39.2 Å². The Labute approximate surface area is 239 Å². The van der Waals surface area contributed by atoms with Gasteiger partial charge in [-0.1, -0.05) is 29.5 Å². The van der Waals surface area contributed by atoms with Crippen molar-refractivity contribution < 1.29 is 23.1 Å². The number of fused-ring (bicyclic) bond motifs is 1. The van der Waals surface area contributed by atoms with Gasteiger partial charge in [-0.05, 0) is 42.8 Å². The highest BCUT2D eigenvalue weighted by Gasteiger charge is 2.30. The predicted molar refractivity (Wildman–Crippen MR) is 153 cm³/mol. The number of carbonyl (C=O) groups is 1. The van der Waals surface area contributed by atoms with Crippen LogP contribution in [0.15, 0.2) is 42.5 Å². The van der Waals surface area contributed by atoms with Crippen LogP contribution in [0.25, 0.3) is 11.3 Å². The Kier molecular flexibility index (Phi) is 8.59. The number of hydrogen-bond acceptors (Lipinski definition) is 6. The second kappa shape index (κ2) is 12.1. The van der Waals surface area contributed by atoms with E-state index in [2.05, 4.69) is 16.7 Å². The minimum Gasteiger partial charge on any atom is -0.478 e. The number of rotatable bonds is 7. The number of hydrogen-bond donors (Lipinski definition) is 1. The highest BCUT2D eigenvalue weighted by atomic mass is 35.5. The number of carboxylic acid groups (broad SMARTS) is 1. The second-order valence-electron chi connectivity index (χ2n) is 9.98. The third kappa shape index (κ3) is 6.57. The normalized spacial score (nSPS) is 16.2. The van der Waals surface area contributed by atoms with Crippen molar-refractivity contribution in [1.82, 2.24) is 19.0 Å². The number of halogens is 1. The molecule has 0 aliphatic carbocycles. The molecule has 0 spiro atoms. The Morgan fingerprint density at radius 3 is 2.52 bits per heavy atom. The van der Waals surface area contributed by atoms with Crippen molar-refractivity contribution in [2.75, 3.05) is 45.6 Å². The molecule has 2 aromatic carbocycles. The molecule has 1 fully saturated rings. The second-order valence-corrected chi connectivity index (χ2v) is 12.4. The van der Waals surface area contributed by atoms with Crippen molar-refractivity contribution in [3.05, 3.63) is 75.4 Å². The number of nitrogens with zero attached hydrogens (tertiary/aromatic N) is 4. The van der Waals surface area contributed by atoms with E-state index in [9.17, 15) is 13.2 Å². The number of aromatic nitrogens is 2. The fourth-order valence-corrected chi connectivity index (χ4v) is 5.99. The summed E-state index contributed by atoms with van der Waals surface area (Å²) in [6, 6.07) is 11.9. The summed E-state index contributed by atoms with van der Waals surface area (Å²) in [6.07, 6.45) is 2.77. The van der Waals surface area contributed by atoms with Gasteiger partial charge >= 0.3 is 5.97 Å². The fourth-order valence-electron chi connectivity index (χ4n) is 5.04. The first-order valence-corrected chi connectivity index (χ1v) is 15.4. The molecule has 0 atom stereocenters. The van der Waals surface area contributed by atoms with Gasteiger partial charge in [0.15, 0.2) is 0 Å². The molecule has 9 nitrogen and oxygen atoms in total. The molecule has 5 rings (SSSR count). The summed E-state index contributed by atoms with van der Waals surface area (Å²) in [5.41, 5.74) is 4.99. The van der Waals surface area contributed by atoms with Gasteiger partial charge in [0, 0.05) is 73.6 Å². The molecule has 0 unspecified atom stereocenters. The monoisotopic (exact) mass is 582 g/mol. The quantitative estimate of drug-likeness (QED) is 0.426. The van der Waals surface area contributed by atoms with Gasteiger partial charge in [0.25, 0.3) is 0 Å². The number of aromatic carboxylic acids is 1. The average Bonchev–Trinajstić information content (AvgIpc) is 3.31. The van der Waals surface area contributed by atoms with Gasteiger partial charge < -0.3 is 9.84 Å². The topological polar surface area (TPSA) is 105 Å². The Bertz CT molecular complexity index is 1570. The zero-order chi connectivity index (χ0) is 28.3. The number of carboxylic acids is 1. The van der Waals surface area contributed by atoms with Gasteiger partial charge in [0.05, 0.1) is 35.7 Å². The molecule has 2 aliphatic rings. The van der Waals surface area contributed by atoms with E-state index in [-0.39, 0.29) is 12.1 Å². The molecule has 40 heavy (non-hydrogen) atoms. The first-order chi connectivity index (χ1) is 19.2. The first kappa shape index (κ1) is 28.3. The molecule has 0 amide bonds. The van der Waals surface area contributed by atoms with Gasteiger partial charge in [-0.15, -0.1) is 0 Å². The molecule has 210 valence electrons.